The fourth-order valence-corrected chi connectivity index (χ4v) is 1.41. The van der Waals surface area contributed by atoms with Crippen molar-refractivity contribution < 1.29 is 0 Å². The van der Waals surface area contributed by atoms with Crippen LogP contribution in [0, 0.1) is 0 Å². The molecule has 0 radical (unpaired) electrons. The Morgan fingerprint density at radius 3 is 2.64 bits per heavy atom. The molecule has 0 saturated carbocycles. The molecule has 0 atom stereocenters. The number of aryl methyl sites for hydroxylation is 2. The molecule has 4 heteroatoms. The summed E-state index contributed by atoms with van der Waals surface area (Å²) in [6.07, 6.45) is 2.59. The first kappa shape index (κ1) is 9.21. The molecular formula is C10H10ClN3. The van der Waals surface area contributed by atoms with Crippen molar-refractivity contribution in [3.8, 4) is 0 Å². The molecule has 0 spiro atoms. The topological polar surface area (TPSA) is 30.7 Å². The zero-order valence-corrected chi connectivity index (χ0v) is 8.35. The van der Waals surface area contributed by atoms with E-state index in [2.05, 4.69) is 22.2 Å². The van der Waals surface area contributed by atoms with Gasteiger partial charge in [-0.3, -0.25) is 4.68 Å². The van der Waals surface area contributed by atoms with Crippen molar-refractivity contribution in [2.24, 2.45) is 0 Å². The monoisotopic (exact) mass is 207 g/mol. The van der Waals surface area contributed by atoms with E-state index in [0.29, 0.717) is 5.28 Å². The predicted octanol–water partition coefficient (Wildman–Crippen LogP) is 2.17. The van der Waals surface area contributed by atoms with E-state index in [1.54, 1.807) is 11.0 Å². The van der Waals surface area contributed by atoms with E-state index in [1.807, 2.05) is 18.2 Å². The number of hydrogen-bond acceptors (Lipinski definition) is 2. The fraction of sp³-hybridized carbons (Fsp3) is 0.200. The molecule has 0 N–H and O–H groups in total. The molecule has 2 aromatic rings. The van der Waals surface area contributed by atoms with Crippen LogP contribution in [0.5, 0.6) is 0 Å². The Morgan fingerprint density at radius 2 is 2.00 bits per heavy atom. The van der Waals surface area contributed by atoms with Crippen LogP contribution < -0.4 is 0 Å². The Labute approximate surface area is 87.3 Å². The highest BCUT2D eigenvalue weighted by Gasteiger charge is 1.97. The quantitative estimate of drug-likeness (QED) is 0.773. The summed E-state index contributed by atoms with van der Waals surface area (Å²) in [7, 11) is 0. The lowest BCUT2D eigenvalue weighted by Crippen LogP contribution is -2.01. The summed E-state index contributed by atoms with van der Waals surface area (Å²) < 4.78 is 1.75. The second-order valence-electron chi connectivity index (χ2n) is 3.01. The van der Waals surface area contributed by atoms with Gasteiger partial charge in [0.1, 0.15) is 6.33 Å². The SMILES string of the molecule is Clc1ncn(CCc2ccccc2)n1. The highest BCUT2D eigenvalue weighted by atomic mass is 35.5. The van der Waals surface area contributed by atoms with Gasteiger partial charge < -0.3 is 0 Å². The van der Waals surface area contributed by atoms with Crippen molar-refractivity contribution in [2.75, 3.05) is 0 Å². The lowest BCUT2D eigenvalue weighted by atomic mass is 10.2. The van der Waals surface area contributed by atoms with Gasteiger partial charge >= 0.3 is 0 Å². The van der Waals surface area contributed by atoms with Crippen LogP contribution >= 0.6 is 11.6 Å². The number of aromatic nitrogens is 3. The largest absolute Gasteiger partial charge is 0.251 e. The maximum absolute atomic E-state index is 5.60. The smallest absolute Gasteiger partial charge is 0.242 e. The Morgan fingerprint density at radius 1 is 1.21 bits per heavy atom. The third kappa shape index (κ3) is 2.33. The lowest BCUT2D eigenvalue weighted by molar-refractivity contribution is 0.613. The highest BCUT2D eigenvalue weighted by molar-refractivity contribution is 6.28. The number of rotatable bonds is 3. The van der Waals surface area contributed by atoms with Crippen LogP contribution in [-0.4, -0.2) is 14.8 Å². The lowest BCUT2D eigenvalue weighted by Gasteiger charge is -2.00. The summed E-state index contributed by atoms with van der Waals surface area (Å²) in [4.78, 5) is 3.85. The summed E-state index contributed by atoms with van der Waals surface area (Å²) >= 11 is 5.60. The highest BCUT2D eigenvalue weighted by Crippen LogP contribution is 2.02. The van der Waals surface area contributed by atoms with Crippen LogP contribution in [0.15, 0.2) is 36.7 Å². The first-order valence-electron chi connectivity index (χ1n) is 4.43. The minimum Gasteiger partial charge on any atom is -0.251 e. The number of benzene rings is 1. The number of halogens is 1. The fourth-order valence-electron chi connectivity index (χ4n) is 1.27. The predicted molar refractivity (Wildman–Crippen MR) is 55.2 cm³/mol. The van der Waals surface area contributed by atoms with Crippen molar-refractivity contribution in [1.29, 1.82) is 0 Å². The molecule has 0 aliphatic carbocycles. The van der Waals surface area contributed by atoms with Crippen LogP contribution in [0.4, 0.5) is 0 Å². The molecule has 1 aromatic carbocycles. The van der Waals surface area contributed by atoms with E-state index in [9.17, 15) is 0 Å². The van der Waals surface area contributed by atoms with Gasteiger partial charge in [-0.15, -0.1) is 5.10 Å². The van der Waals surface area contributed by atoms with Gasteiger partial charge in [-0.05, 0) is 23.6 Å². The first-order chi connectivity index (χ1) is 6.84. The molecule has 2 rings (SSSR count). The van der Waals surface area contributed by atoms with Gasteiger partial charge in [0.2, 0.25) is 5.28 Å². The molecule has 0 aliphatic heterocycles. The molecule has 14 heavy (non-hydrogen) atoms. The normalized spacial score (nSPS) is 10.4. The van der Waals surface area contributed by atoms with Gasteiger partial charge in [-0.1, -0.05) is 30.3 Å². The van der Waals surface area contributed by atoms with Crippen molar-refractivity contribution >= 4 is 11.6 Å². The molecule has 1 heterocycles. The van der Waals surface area contributed by atoms with E-state index in [0.717, 1.165) is 13.0 Å². The van der Waals surface area contributed by atoms with Crippen LogP contribution in [0.2, 0.25) is 5.28 Å². The molecule has 0 unspecified atom stereocenters. The first-order valence-corrected chi connectivity index (χ1v) is 4.81. The van der Waals surface area contributed by atoms with Gasteiger partial charge in [0.05, 0.1) is 0 Å². The molecule has 0 fully saturated rings. The summed E-state index contributed by atoms with van der Waals surface area (Å²) in [5.41, 5.74) is 1.29. The summed E-state index contributed by atoms with van der Waals surface area (Å²) in [5.74, 6) is 0. The van der Waals surface area contributed by atoms with Gasteiger partial charge in [0, 0.05) is 6.54 Å². The molecule has 3 nitrogen and oxygen atoms in total. The van der Waals surface area contributed by atoms with Crippen molar-refractivity contribution in [3.05, 3.63) is 47.5 Å². The maximum atomic E-state index is 5.60. The molecule has 0 bridgehead atoms. The standard InChI is InChI=1S/C10H10ClN3/c11-10-12-8-14(13-10)7-6-9-4-2-1-3-5-9/h1-5,8H,6-7H2. The Balaban J connectivity index is 1.95. The van der Waals surface area contributed by atoms with E-state index >= 15 is 0 Å². The Kier molecular flexibility index (Phi) is 2.79. The van der Waals surface area contributed by atoms with Crippen LogP contribution in [0.1, 0.15) is 5.56 Å². The Hall–Kier alpha value is -1.35. The second-order valence-corrected chi connectivity index (χ2v) is 3.35. The third-order valence-corrected chi connectivity index (χ3v) is 2.15. The molecule has 1 aromatic heterocycles. The summed E-state index contributed by atoms with van der Waals surface area (Å²) in [6.45, 7) is 0.809. The van der Waals surface area contributed by atoms with E-state index in [4.69, 9.17) is 11.6 Å². The molecule has 0 saturated heterocycles. The van der Waals surface area contributed by atoms with Crippen LogP contribution in [-0.2, 0) is 13.0 Å². The van der Waals surface area contributed by atoms with E-state index in [-0.39, 0.29) is 0 Å². The second kappa shape index (κ2) is 4.24. The van der Waals surface area contributed by atoms with Crippen molar-refractivity contribution in [3.63, 3.8) is 0 Å². The molecule has 0 aliphatic rings. The summed E-state index contributed by atoms with van der Waals surface area (Å²) in [5, 5.41) is 4.30. The third-order valence-electron chi connectivity index (χ3n) is 1.98. The average Bonchev–Trinajstić information content (AvgIpc) is 2.63. The molecule has 72 valence electrons. The molecular weight excluding hydrogens is 198 g/mol. The van der Waals surface area contributed by atoms with Crippen molar-refractivity contribution in [2.45, 2.75) is 13.0 Å². The summed E-state index contributed by atoms with van der Waals surface area (Å²) in [6, 6.07) is 10.3. The molecule has 0 amide bonds. The van der Waals surface area contributed by atoms with E-state index in [1.165, 1.54) is 5.56 Å². The minimum atomic E-state index is 0.304. The number of hydrogen-bond donors (Lipinski definition) is 0. The van der Waals surface area contributed by atoms with Crippen LogP contribution in [0.25, 0.3) is 0 Å². The zero-order valence-electron chi connectivity index (χ0n) is 7.60. The van der Waals surface area contributed by atoms with E-state index < -0.39 is 0 Å². The van der Waals surface area contributed by atoms with Crippen molar-refractivity contribution in [1.82, 2.24) is 14.8 Å². The minimum absolute atomic E-state index is 0.304. The maximum Gasteiger partial charge on any atom is 0.242 e. The van der Waals surface area contributed by atoms with Gasteiger partial charge in [-0.25, -0.2) is 4.98 Å². The van der Waals surface area contributed by atoms with Gasteiger partial charge in [0.25, 0.3) is 0 Å². The van der Waals surface area contributed by atoms with Gasteiger partial charge in [-0.2, -0.15) is 0 Å². The zero-order chi connectivity index (χ0) is 9.80. The van der Waals surface area contributed by atoms with Gasteiger partial charge in [0.15, 0.2) is 0 Å². The average molecular weight is 208 g/mol. The number of nitrogens with zero attached hydrogens (tertiary/aromatic N) is 3. The Bertz CT molecular complexity index is 397. The van der Waals surface area contributed by atoms with Crippen LogP contribution in [0.3, 0.4) is 0 Å².